The maximum absolute atomic E-state index is 11.3. The van der Waals surface area contributed by atoms with Gasteiger partial charge in [0.15, 0.2) is 0 Å². The zero-order chi connectivity index (χ0) is 34.1. The van der Waals surface area contributed by atoms with Crippen LogP contribution < -0.4 is 30.9 Å². The van der Waals surface area contributed by atoms with Gasteiger partial charge in [-0.05, 0) is 25.9 Å². The Morgan fingerprint density at radius 1 is 0.980 bits per heavy atom. The molecule has 0 amide bonds. The van der Waals surface area contributed by atoms with Crippen molar-refractivity contribution >= 4 is 68.6 Å². The number of nitrogens with zero attached hydrogens (tertiary/aromatic N) is 8. The zero-order valence-corrected chi connectivity index (χ0v) is 30.8. The van der Waals surface area contributed by atoms with Crippen molar-refractivity contribution in [1.29, 1.82) is 0 Å². The summed E-state index contributed by atoms with van der Waals surface area (Å²) in [5, 5.41) is 15.6. The van der Waals surface area contributed by atoms with Gasteiger partial charge in [0, 0.05) is 39.3 Å². The molecular formula is C34H43BrN11O2P. The van der Waals surface area contributed by atoms with E-state index in [1.165, 1.54) is 12.8 Å². The van der Waals surface area contributed by atoms with Crippen LogP contribution in [0.3, 0.4) is 0 Å². The second kappa shape index (κ2) is 14.1. The first-order valence-electron chi connectivity index (χ1n) is 16.6. The first-order chi connectivity index (χ1) is 23.7. The van der Waals surface area contributed by atoms with E-state index in [-0.39, 0.29) is 0 Å². The van der Waals surface area contributed by atoms with Crippen molar-refractivity contribution < 1.29 is 9.63 Å². The van der Waals surface area contributed by atoms with E-state index in [9.17, 15) is 4.89 Å². The number of hydrogen-bond acceptors (Lipinski definition) is 12. The molecule has 0 radical (unpaired) electrons. The van der Waals surface area contributed by atoms with Crippen LogP contribution in [0.5, 0.6) is 5.75 Å². The summed E-state index contributed by atoms with van der Waals surface area (Å²) in [5.41, 5.74) is 6.05. The van der Waals surface area contributed by atoms with Gasteiger partial charge in [-0.15, -0.1) is 0 Å². The summed E-state index contributed by atoms with van der Waals surface area (Å²) in [7, 11) is 0.774. The van der Waals surface area contributed by atoms with E-state index < -0.39 is 7.49 Å². The number of aromatic nitrogens is 6. The van der Waals surface area contributed by atoms with Crippen molar-refractivity contribution in [2.24, 2.45) is 7.05 Å². The fraction of sp³-hybridized carbons (Fsp3) is 0.382. The van der Waals surface area contributed by atoms with Crippen molar-refractivity contribution in [3.8, 4) is 16.9 Å². The van der Waals surface area contributed by atoms with Gasteiger partial charge < -0.3 is 5.32 Å². The summed E-state index contributed by atoms with van der Waals surface area (Å²) in [6.07, 6.45) is 11.4. The quantitative estimate of drug-likeness (QED) is 0.158. The number of aryl methyl sites for hydroxylation is 1. The molecule has 49 heavy (non-hydrogen) atoms. The number of piperazine rings is 1. The summed E-state index contributed by atoms with van der Waals surface area (Å²) in [6.45, 7) is 9.88. The normalized spacial score (nSPS) is 16.6. The molecule has 2 aliphatic heterocycles. The van der Waals surface area contributed by atoms with Crippen LogP contribution in [0.15, 0.2) is 59.7 Å². The zero-order valence-electron chi connectivity index (χ0n) is 28.2. The number of hydrogen-bond donors (Lipinski definition) is 4. The van der Waals surface area contributed by atoms with E-state index >= 15 is 0 Å². The molecule has 0 aliphatic carbocycles. The van der Waals surface area contributed by atoms with Crippen LogP contribution in [-0.4, -0.2) is 105 Å². The second-order valence-electron chi connectivity index (χ2n) is 13.1. The number of rotatable bonds is 9. The van der Waals surface area contributed by atoms with Crippen LogP contribution in [0.2, 0.25) is 0 Å². The third-order valence-electron chi connectivity index (χ3n) is 9.31. The third-order valence-corrected chi connectivity index (χ3v) is 11.6. The molecule has 2 fully saturated rings. The van der Waals surface area contributed by atoms with Crippen LogP contribution in [0.1, 0.15) is 12.8 Å². The Kier molecular flexibility index (Phi) is 9.67. The molecule has 0 unspecified atom stereocenters. The fourth-order valence-electron chi connectivity index (χ4n) is 6.91. The number of methoxy groups -OCH3 is 1. The van der Waals surface area contributed by atoms with Gasteiger partial charge in [0.2, 0.25) is 0 Å². The first-order valence-corrected chi connectivity index (χ1v) is 20.4. The standard InChI is InChI=1S/C34H43BrN11O2P/c1-44-21-22(19-40-44)24-17-28(30(48-2)18-29(24)46-15-13-45(14-16-46)23-7-9-36-10-8-23)42-34-39-20-25(35)33(43-34)41-27-6-5-26-31(38-12-11-37-26)32(27)49(3,4)47/h5-6,11-12,17-21,23,36,47,49H,7-10,13-16H2,1-4H3,(H2,39,41,42,43). The Bertz CT molecular complexity index is 1950. The average molecular weight is 749 g/mol. The Morgan fingerprint density at radius 3 is 2.47 bits per heavy atom. The predicted octanol–water partition coefficient (Wildman–Crippen LogP) is 4.49. The number of anilines is 5. The molecule has 0 saturated carbocycles. The molecule has 2 saturated heterocycles. The van der Waals surface area contributed by atoms with Crippen molar-refractivity contribution in [3.05, 3.63) is 59.7 Å². The van der Waals surface area contributed by atoms with Crippen molar-refractivity contribution in [2.45, 2.75) is 18.9 Å². The van der Waals surface area contributed by atoms with Crippen molar-refractivity contribution in [2.75, 3.05) is 75.2 Å². The molecule has 0 bridgehead atoms. The number of fused-ring (bicyclic) bond motifs is 1. The molecular weight excluding hydrogens is 705 g/mol. The molecule has 0 atom stereocenters. The molecule has 5 aromatic rings. The number of nitrogens with one attached hydrogen (secondary N) is 3. The topological polar surface area (TPSA) is 141 Å². The van der Waals surface area contributed by atoms with Crippen LogP contribution in [0.25, 0.3) is 22.2 Å². The third kappa shape index (κ3) is 7.20. The molecule has 5 heterocycles. The fourth-order valence-corrected chi connectivity index (χ4v) is 8.78. The van der Waals surface area contributed by atoms with Gasteiger partial charge in [-0.1, -0.05) is 0 Å². The SMILES string of the molecule is COc1cc(N2CCN(C3CCNCC3)CC2)c(-c2cnn(C)c2)cc1Nc1ncc(Br)c(Nc2ccc3nccnc3c2[PH](C)(C)O)n1. The van der Waals surface area contributed by atoms with Crippen LogP contribution >= 0.6 is 23.4 Å². The van der Waals surface area contributed by atoms with Gasteiger partial charge >= 0.3 is 211 Å². The van der Waals surface area contributed by atoms with Gasteiger partial charge in [-0.3, -0.25) is 9.58 Å². The summed E-state index contributed by atoms with van der Waals surface area (Å²) >= 11 is 3.61. The van der Waals surface area contributed by atoms with Gasteiger partial charge in [0.05, 0.1) is 0 Å². The van der Waals surface area contributed by atoms with Gasteiger partial charge in [-0.25, -0.2) is 0 Å². The summed E-state index contributed by atoms with van der Waals surface area (Å²) in [6, 6.07) is 8.67. The molecule has 2 aromatic carbocycles. The van der Waals surface area contributed by atoms with Gasteiger partial charge in [0.25, 0.3) is 0 Å². The Hall–Kier alpha value is -3.94. The van der Waals surface area contributed by atoms with Crippen LogP contribution in [0, 0.1) is 0 Å². The van der Waals surface area contributed by atoms with Crippen molar-refractivity contribution in [3.63, 3.8) is 0 Å². The first kappa shape index (κ1) is 33.6. The Balaban J connectivity index is 1.19. The van der Waals surface area contributed by atoms with E-state index in [1.54, 1.807) is 25.7 Å². The summed E-state index contributed by atoms with van der Waals surface area (Å²) < 4.78 is 8.45. The number of benzene rings is 2. The molecule has 0 spiro atoms. The monoisotopic (exact) mass is 747 g/mol. The van der Waals surface area contributed by atoms with Crippen molar-refractivity contribution in [1.82, 2.24) is 39.9 Å². The summed E-state index contributed by atoms with van der Waals surface area (Å²) in [4.78, 5) is 34.8. The molecule has 13 nitrogen and oxygen atoms in total. The van der Waals surface area contributed by atoms with Crippen LogP contribution in [-0.2, 0) is 7.05 Å². The Labute approximate surface area is 295 Å². The van der Waals surface area contributed by atoms with E-state index in [2.05, 4.69) is 73.9 Å². The number of halogens is 1. The van der Waals surface area contributed by atoms with E-state index in [0.717, 1.165) is 78.3 Å². The van der Waals surface area contributed by atoms with Gasteiger partial charge in [0.1, 0.15) is 0 Å². The number of ether oxygens (including phenoxy) is 1. The van der Waals surface area contributed by atoms with E-state index in [4.69, 9.17) is 9.72 Å². The Morgan fingerprint density at radius 2 is 1.76 bits per heavy atom. The van der Waals surface area contributed by atoms with Crippen LogP contribution in [0.4, 0.5) is 28.8 Å². The van der Waals surface area contributed by atoms with Gasteiger partial charge in [-0.2, -0.15) is 5.10 Å². The molecule has 4 N–H and O–H groups in total. The molecule has 2 aliphatic rings. The molecule has 7 rings (SSSR count). The van der Waals surface area contributed by atoms with E-state index in [0.29, 0.717) is 33.5 Å². The molecule has 3 aromatic heterocycles. The minimum absolute atomic E-state index is 0.382. The second-order valence-corrected chi connectivity index (χ2v) is 17.6. The minimum atomic E-state index is -2.84. The predicted molar refractivity (Wildman–Crippen MR) is 203 cm³/mol. The number of piperidine rings is 1. The maximum atomic E-state index is 11.3. The molecule has 258 valence electrons. The van der Waals surface area contributed by atoms with E-state index in [1.807, 2.05) is 49.6 Å². The summed E-state index contributed by atoms with van der Waals surface area (Å²) in [5.74, 6) is 1.61. The molecule has 15 heteroatoms. The average Bonchev–Trinajstić information content (AvgIpc) is 3.55.